The number of carbonyl (C=O) groups excluding carboxylic acids is 1. The number of nitrogens with one attached hydrogen (secondary N) is 1. The van der Waals surface area contributed by atoms with E-state index in [1.54, 1.807) is 0 Å². The molecule has 4 heteroatoms. The van der Waals surface area contributed by atoms with Crippen LogP contribution in [0.1, 0.15) is 59.3 Å². The maximum Gasteiger partial charge on any atom is 0.223 e. The minimum Gasteiger partial charge on any atom is -0.392 e. The van der Waals surface area contributed by atoms with Gasteiger partial charge in [0.1, 0.15) is 0 Å². The standard InChI is InChI=1S/C13H26N2OS/c1-4-7-10(8-5-2)13(16)15-11(9-6-3)12(14)17/h10-11H,4-9H2,1-3H3,(H2,14,17)(H,15,16). The summed E-state index contributed by atoms with van der Waals surface area (Å²) in [6, 6.07) is -0.140. The van der Waals surface area contributed by atoms with Crippen molar-refractivity contribution in [3.8, 4) is 0 Å². The van der Waals surface area contributed by atoms with Crippen LogP contribution in [0.3, 0.4) is 0 Å². The average Bonchev–Trinajstić information content (AvgIpc) is 2.28. The molecule has 0 fully saturated rings. The second-order valence-electron chi connectivity index (χ2n) is 4.53. The summed E-state index contributed by atoms with van der Waals surface area (Å²) in [4.78, 5) is 12.5. The fourth-order valence-electron chi connectivity index (χ4n) is 1.97. The molecule has 1 amide bonds. The Morgan fingerprint density at radius 3 is 1.94 bits per heavy atom. The number of hydrogen-bond donors (Lipinski definition) is 2. The van der Waals surface area contributed by atoms with Gasteiger partial charge >= 0.3 is 0 Å². The second kappa shape index (κ2) is 9.40. The molecule has 0 heterocycles. The molecule has 0 aliphatic rings. The van der Waals surface area contributed by atoms with Gasteiger partial charge in [0.05, 0.1) is 11.0 Å². The minimum absolute atomic E-state index is 0.110. The van der Waals surface area contributed by atoms with Gasteiger partial charge < -0.3 is 11.1 Å². The van der Waals surface area contributed by atoms with E-state index in [9.17, 15) is 4.79 Å². The Hall–Kier alpha value is -0.640. The Kier molecular flexibility index (Phi) is 9.04. The Balaban J connectivity index is 4.38. The lowest BCUT2D eigenvalue weighted by molar-refractivity contribution is -0.125. The summed E-state index contributed by atoms with van der Waals surface area (Å²) in [5.74, 6) is 0.221. The number of thiocarbonyl (C=S) groups is 1. The van der Waals surface area contributed by atoms with Gasteiger partial charge in [-0.3, -0.25) is 4.79 Å². The average molecular weight is 258 g/mol. The summed E-state index contributed by atoms with van der Waals surface area (Å²) in [5.41, 5.74) is 5.64. The summed E-state index contributed by atoms with van der Waals surface area (Å²) >= 11 is 4.98. The molecular weight excluding hydrogens is 232 g/mol. The van der Waals surface area contributed by atoms with Crippen LogP contribution >= 0.6 is 12.2 Å². The number of amides is 1. The van der Waals surface area contributed by atoms with E-state index in [1.807, 2.05) is 0 Å². The van der Waals surface area contributed by atoms with E-state index >= 15 is 0 Å². The van der Waals surface area contributed by atoms with Gasteiger partial charge in [-0.2, -0.15) is 0 Å². The number of rotatable bonds is 9. The van der Waals surface area contributed by atoms with Crippen molar-refractivity contribution in [3.63, 3.8) is 0 Å². The zero-order chi connectivity index (χ0) is 13.3. The molecule has 1 unspecified atom stereocenters. The van der Waals surface area contributed by atoms with E-state index in [4.69, 9.17) is 18.0 Å². The lowest BCUT2D eigenvalue weighted by Crippen LogP contribution is -2.45. The highest BCUT2D eigenvalue weighted by molar-refractivity contribution is 7.80. The van der Waals surface area contributed by atoms with Crippen LogP contribution < -0.4 is 11.1 Å². The first-order chi connectivity index (χ1) is 8.06. The topological polar surface area (TPSA) is 55.1 Å². The van der Waals surface area contributed by atoms with E-state index in [0.717, 1.165) is 38.5 Å². The maximum atomic E-state index is 12.1. The van der Waals surface area contributed by atoms with E-state index in [2.05, 4.69) is 26.1 Å². The highest BCUT2D eigenvalue weighted by Gasteiger charge is 2.20. The highest BCUT2D eigenvalue weighted by atomic mass is 32.1. The van der Waals surface area contributed by atoms with Crippen LogP contribution in [0, 0.1) is 5.92 Å². The van der Waals surface area contributed by atoms with Crippen molar-refractivity contribution in [1.29, 1.82) is 0 Å². The fraction of sp³-hybridized carbons (Fsp3) is 0.846. The van der Waals surface area contributed by atoms with E-state index < -0.39 is 0 Å². The smallest absolute Gasteiger partial charge is 0.223 e. The van der Waals surface area contributed by atoms with Crippen molar-refractivity contribution < 1.29 is 4.79 Å². The van der Waals surface area contributed by atoms with E-state index in [-0.39, 0.29) is 17.9 Å². The molecule has 3 nitrogen and oxygen atoms in total. The van der Waals surface area contributed by atoms with Crippen molar-refractivity contribution in [3.05, 3.63) is 0 Å². The van der Waals surface area contributed by atoms with Gasteiger partial charge in [-0.25, -0.2) is 0 Å². The summed E-state index contributed by atoms with van der Waals surface area (Å²) in [6.07, 6.45) is 5.74. The molecule has 0 aliphatic heterocycles. The Bertz CT molecular complexity index is 238. The fourth-order valence-corrected chi connectivity index (χ4v) is 2.14. The zero-order valence-electron chi connectivity index (χ0n) is 11.3. The molecule has 0 bridgehead atoms. The minimum atomic E-state index is -0.140. The molecular formula is C13H26N2OS. The first-order valence-corrected chi connectivity index (χ1v) is 7.07. The van der Waals surface area contributed by atoms with Crippen LogP contribution in [0.15, 0.2) is 0 Å². The monoisotopic (exact) mass is 258 g/mol. The third kappa shape index (κ3) is 6.61. The van der Waals surface area contributed by atoms with Gasteiger partial charge in [-0.1, -0.05) is 52.3 Å². The van der Waals surface area contributed by atoms with E-state index in [0.29, 0.717) is 4.99 Å². The third-order valence-electron chi connectivity index (χ3n) is 2.88. The van der Waals surface area contributed by atoms with Crippen LogP contribution in [0.2, 0.25) is 0 Å². The maximum absolute atomic E-state index is 12.1. The third-order valence-corrected chi connectivity index (χ3v) is 3.17. The van der Waals surface area contributed by atoms with Crippen LogP contribution in [0.4, 0.5) is 0 Å². The molecule has 0 saturated heterocycles. The molecule has 1 atom stereocenters. The van der Waals surface area contributed by atoms with Gasteiger partial charge in [-0.05, 0) is 19.3 Å². The second-order valence-corrected chi connectivity index (χ2v) is 5.00. The Morgan fingerprint density at radius 1 is 1.12 bits per heavy atom. The number of hydrogen-bond acceptors (Lipinski definition) is 2. The Morgan fingerprint density at radius 2 is 1.59 bits per heavy atom. The SMILES string of the molecule is CCCC(CCC)C(=O)NC(CCC)C(N)=S. The number of carbonyl (C=O) groups is 1. The normalized spacial score (nSPS) is 12.5. The van der Waals surface area contributed by atoms with Gasteiger partial charge in [-0.15, -0.1) is 0 Å². The van der Waals surface area contributed by atoms with Crippen molar-refractivity contribution in [2.45, 2.75) is 65.3 Å². The predicted octanol–water partition coefficient (Wildman–Crippen LogP) is 2.77. The van der Waals surface area contributed by atoms with Gasteiger partial charge in [0.25, 0.3) is 0 Å². The molecule has 0 spiro atoms. The van der Waals surface area contributed by atoms with Crippen molar-refractivity contribution in [1.82, 2.24) is 5.32 Å². The largest absolute Gasteiger partial charge is 0.392 e. The summed E-state index contributed by atoms with van der Waals surface area (Å²) in [5, 5.41) is 2.98. The van der Waals surface area contributed by atoms with Crippen molar-refractivity contribution >= 4 is 23.1 Å². The molecule has 100 valence electrons. The quantitative estimate of drug-likeness (QED) is 0.625. The zero-order valence-corrected chi connectivity index (χ0v) is 12.1. The van der Waals surface area contributed by atoms with Gasteiger partial charge in [0.2, 0.25) is 5.91 Å². The molecule has 0 aromatic rings. The van der Waals surface area contributed by atoms with E-state index in [1.165, 1.54) is 0 Å². The molecule has 0 aromatic carbocycles. The first-order valence-electron chi connectivity index (χ1n) is 6.66. The van der Waals surface area contributed by atoms with Gasteiger partial charge in [0, 0.05) is 5.92 Å². The molecule has 17 heavy (non-hydrogen) atoms. The molecule has 3 N–H and O–H groups in total. The van der Waals surface area contributed by atoms with Crippen LogP contribution in [-0.4, -0.2) is 16.9 Å². The highest BCUT2D eigenvalue weighted by Crippen LogP contribution is 2.14. The Labute approximate surface area is 111 Å². The van der Waals surface area contributed by atoms with Crippen LogP contribution in [0.5, 0.6) is 0 Å². The summed E-state index contributed by atoms with van der Waals surface area (Å²) in [6.45, 7) is 6.27. The lowest BCUT2D eigenvalue weighted by atomic mass is 9.96. The molecule has 0 rings (SSSR count). The predicted molar refractivity (Wildman–Crippen MR) is 76.9 cm³/mol. The van der Waals surface area contributed by atoms with Crippen LogP contribution in [-0.2, 0) is 4.79 Å². The van der Waals surface area contributed by atoms with Crippen molar-refractivity contribution in [2.24, 2.45) is 11.7 Å². The molecule has 0 saturated carbocycles. The molecule has 0 aliphatic carbocycles. The number of nitrogens with two attached hydrogens (primary N) is 1. The molecule has 0 radical (unpaired) electrons. The molecule has 0 aromatic heterocycles. The lowest BCUT2D eigenvalue weighted by Gasteiger charge is -2.21. The van der Waals surface area contributed by atoms with Crippen LogP contribution in [0.25, 0.3) is 0 Å². The summed E-state index contributed by atoms with van der Waals surface area (Å²) < 4.78 is 0. The van der Waals surface area contributed by atoms with Gasteiger partial charge in [0.15, 0.2) is 0 Å². The first kappa shape index (κ1) is 16.4. The van der Waals surface area contributed by atoms with Crippen molar-refractivity contribution in [2.75, 3.05) is 0 Å². The summed E-state index contributed by atoms with van der Waals surface area (Å²) in [7, 11) is 0.